The van der Waals surface area contributed by atoms with Crippen LogP contribution in [0, 0.1) is 17.8 Å². The maximum absolute atomic E-state index is 12.6. The normalized spacial score (nSPS) is 28.7. The first-order chi connectivity index (χ1) is 14.6. The molecular weight excluding hydrogens is 376 g/mol. The fourth-order valence-electron chi connectivity index (χ4n) is 6.17. The molecule has 6 rings (SSSR count). The maximum Gasteiger partial charge on any atom is 0.258 e. The number of benzene rings is 2. The van der Waals surface area contributed by atoms with Crippen molar-refractivity contribution in [3.05, 3.63) is 60.2 Å². The summed E-state index contributed by atoms with van der Waals surface area (Å²) in [6, 6.07) is 16.2. The first kappa shape index (κ1) is 19.2. The minimum absolute atomic E-state index is 0.0147. The summed E-state index contributed by atoms with van der Waals surface area (Å²) in [7, 11) is 0. The quantitative estimate of drug-likeness (QED) is 0.750. The van der Waals surface area contributed by atoms with Crippen LogP contribution in [0.25, 0.3) is 0 Å². The van der Waals surface area contributed by atoms with Gasteiger partial charge in [0.15, 0.2) is 6.61 Å². The second kappa shape index (κ2) is 7.78. The van der Waals surface area contributed by atoms with Crippen molar-refractivity contribution in [2.24, 2.45) is 17.8 Å². The molecule has 2 aromatic rings. The lowest BCUT2D eigenvalue weighted by Crippen LogP contribution is -2.60. The Labute approximate surface area is 177 Å². The molecule has 0 radical (unpaired) electrons. The SMILES string of the molecule is O=C(COc1ccc(NC(=O)c2ccccc2)cc1)NC12CC3CC(CC(C3)C1)C2. The number of anilines is 1. The van der Waals surface area contributed by atoms with Crippen LogP contribution < -0.4 is 15.4 Å². The summed E-state index contributed by atoms with van der Waals surface area (Å²) < 4.78 is 5.70. The van der Waals surface area contributed by atoms with Crippen LogP contribution in [0.4, 0.5) is 5.69 Å². The minimum atomic E-state index is -0.154. The Bertz CT molecular complexity index is 888. The van der Waals surface area contributed by atoms with Crippen molar-refractivity contribution in [3.63, 3.8) is 0 Å². The molecule has 0 spiro atoms. The van der Waals surface area contributed by atoms with Gasteiger partial charge in [0.2, 0.25) is 0 Å². The maximum atomic E-state index is 12.6. The van der Waals surface area contributed by atoms with Crippen LogP contribution in [-0.2, 0) is 4.79 Å². The molecule has 0 aliphatic heterocycles. The molecule has 0 aromatic heterocycles. The van der Waals surface area contributed by atoms with Crippen LogP contribution in [-0.4, -0.2) is 24.0 Å². The summed E-state index contributed by atoms with van der Waals surface area (Å²) in [5.74, 6) is 2.84. The molecule has 30 heavy (non-hydrogen) atoms. The van der Waals surface area contributed by atoms with E-state index in [4.69, 9.17) is 4.74 Å². The minimum Gasteiger partial charge on any atom is -0.484 e. The molecule has 2 aromatic carbocycles. The van der Waals surface area contributed by atoms with E-state index >= 15 is 0 Å². The van der Waals surface area contributed by atoms with E-state index in [-0.39, 0.29) is 24.0 Å². The van der Waals surface area contributed by atoms with Crippen LogP contribution in [0.2, 0.25) is 0 Å². The van der Waals surface area contributed by atoms with E-state index in [1.54, 1.807) is 36.4 Å². The highest BCUT2D eigenvalue weighted by Gasteiger charge is 2.51. The monoisotopic (exact) mass is 404 g/mol. The summed E-state index contributed by atoms with van der Waals surface area (Å²) in [6.07, 6.45) is 7.50. The van der Waals surface area contributed by atoms with Gasteiger partial charge in [0.25, 0.3) is 11.8 Å². The zero-order valence-electron chi connectivity index (χ0n) is 17.1. The molecule has 4 saturated carbocycles. The van der Waals surface area contributed by atoms with Gasteiger partial charge in [-0.25, -0.2) is 0 Å². The van der Waals surface area contributed by atoms with Crippen LogP contribution in [0.15, 0.2) is 54.6 Å². The highest BCUT2D eigenvalue weighted by atomic mass is 16.5. The summed E-state index contributed by atoms with van der Waals surface area (Å²) >= 11 is 0. The zero-order valence-corrected chi connectivity index (χ0v) is 17.1. The van der Waals surface area contributed by atoms with E-state index in [0.717, 1.165) is 37.0 Å². The van der Waals surface area contributed by atoms with Gasteiger partial charge >= 0.3 is 0 Å². The van der Waals surface area contributed by atoms with Crippen molar-refractivity contribution in [1.29, 1.82) is 0 Å². The molecule has 0 heterocycles. The first-order valence-electron chi connectivity index (χ1n) is 11.0. The topological polar surface area (TPSA) is 67.4 Å². The Morgan fingerprint density at radius 1 is 0.867 bits per heavy atom. The highest BCUT2D eigenvalue weighted by Crippen LogP contribution is 2.55. The second-order valence-electron chi connectivity index (χ2n) is 9.38. The average molecular weight is 405 g/mol. The van der Waals surface area contributed by atoms with Gasteiger partial charge in [-0.3, -0.25) is 9.59 Å². The predicted molar refractivity (Wildman–Crippen MR) is 115 cm³/mol. The number of carbonyl (C=O) groups is 2. The van der Waals surface area contributed by atoms with Gasteiger partial charge in [-0.05, 0) is 92.7 Å². The van der Waals surface area contributed by atoms with Gasteiger partial charge in [0.05, 0.1) is 0 Å². The van der Waals surface area contributed by atoms with Gasteiger partial charge in [-0.1, -0.05) is 18.2 Å². The van der Waals surface area contributed by atoms with E-state index in [9.17, 15) is 9.59 Å². The third kappa shape index (κ3) is 4.07. The number of hydrogen-bond donors (Lipinski definition) is 2. The fraction of sp³-hybridized carbons (Fsp3) is 0.440. The number of ether oxygens (including phenoxy) is 1. The van der Waals surface area contributed by atoms with E-state index in [0.29, 0.717) is 17.0 Å². The third-order valence-corrected chi connectivity index (χ3v) is 6.96. The molecule has 156 valence electrons. The van der Waals surface area contributed by atoms with E-state index < -0.39 is 0 Å². The molecule has 5 nitrogen and oxygen atoms in total. The number of nitrogens with one attached hydrogen (secondary N) is 2. The number of amides is 2. The van der Waals surface area contributed by atoms with E-state index in [2.05, 4.69) is 10.6 Å². The Balaban J connectivity index is 1.12. The molecular formula is C25H28N2O3. The second-order valence-corrected chi connectivity index (χ2v) is 9.38. The van der Waals surface area contributed by atoms with Crippen LogP contribution in [0.1, 0.15) is 48.9 Å². The molecule has 2 N–H and O–H groups in total. The van der Waals surface area contributed by atoms with Crippen LogP contribution in [0.5, 0.6) is 5.75 Å². The van der Waals surface area contributed by atoms with Crippen molar-refractivity contribution in [2.45, 2.75) is 44.1 Å². The van der Waals surface area contributed by atoms with Crippen molar-refractivity contribution >= 4 is 17.5 Å². The molecule has 0 atom stereocenters. The molecule has 0 saturated heterocycles. The summed E-state index contributed by atoms with van der Waals surface area (Å²) in [4.78, 5) is 24.8. The Morgan fingerprint density at radius 2 is 1.47 bits per heavy atom. The first-order valence-corrected chi connectivity index (χ1v) is 11.0. The standard InChI is InChI=1S/C25H28N2O3/c28-23(27-25-13-17-10-18(14-25)12-19(11-17)15-25)16-30-22-8-6-21(7-9-22)26-24(29)20-4-2-1-3-5-20/h1-9,17-19H,10-16H2,(H,26,29)(H,27,28). The van der Waals surface area contributed by atoms with Crippen molar-refractivity contribution in [1.82, 2.24) is 5.32 Å². The zero-order chi connectivity index (χ0) is 20.6. The summed E-state index contributed by atoms with van der Waals surface area (Å²) in [6.45, 7) is 0.0253. The van der Waals surface area contributed by atoms with Gasteiger partial charge in [0, 0.05) is 16.8 Å². The van der Waals surface area contributed by atoms with Crippen molar-refractivity contribution in [2.75, 3.05) is 11.9 Å². The lowest BCUT2D eigenvalue weighted by Gasteiger charge is -2.56. The molecule has 4 aliphatic carbocycles. The third-order valence-electron chi connectivity index (χ3n) is 6.96. The number of hydrogen-bond acceptors (Lipinski definition) is 3. The fourth-order valence-corrected chi connectivity index (χ4v) is 6.17. The van der Waals surface area contributed by atoms with Crippen LogP contribution >= 0.6 is 0 Å². The smallest absolute Gasteiger partial charge is 0.258 e. The van der Waals surface area contributed by atoms with E-state index in [1.807, 2.05) is 18.2 Å². The van der Waals surface area contributed by atoms with Gasteiger partial charge in [-0.15, -0.1) is 0 Å². The van der Waals surface area contributed by atoms with Gasteiger partial charge in [-0.2, -0.15) is 0 Å². The Kier molecular flexibility index (Phi) is 4.97. The van der Waals surface area contributed by atoms with Crippen molar-refractivity contribution < 1.29 is 14.3 Å². The van der Waals surface area contributed by atoms with E-state index in [1.165, 1.54) is 19.3 Å². The summed E-state index contributed by atoms with van der Waals surface area (Å²) in [5.41, 5.74) is 1.31. The largest absolute Gasteiger partial charge is 0.484 e. The number of rotatable bonds is 6. The Hall–Kier alpha value is -2.82. The molecule has 2 amide bonds. The average Bonchev–Trinajstić information content (AvgIpc) is 2.72. The Morgan fingerprint density at radius 3 is 2.07 bits per heavy atom. The van der Waals surface area contributed by atoms with Crippen LogP contribution in [0.3, 0.4) is 0 Å². The highest BCUT2D eigenvalue weighted by molar-refractivity contribution is 6.04. The lowest BCUT2D eigenvalue weighted by molar-refractivity contribution is -0.128. The number of carbonyl (C=O) groups excluding carboxylic acids is 2. The van der Waals surface area contributed by atoms with Gasteiger partial charge in [0.1, 0.15) is 5.75 Å². The van der Waals surface area contributed by atoms with Crippen molar-refractivity contribution in [3.8, 4) is 5.75 Å². The predicted octanol–water partition coefficient (Wildman–Crippen LogP) is 4.40. The molecule has 4 aliphatic rings. The molecule has 4 fully saturated rings. The molecule has 0 unspecified atom stereocenters. The molecule has 5 heteroatoms. The lowest BCUT2D eigenvalue weighted by atomic mass is 9.53. The van der Waals surface area contributed by atoms with Gasteiger partial charge < -0.3 is 15.4 Å². The molecule has 4 bridgehead atoms. The summed E-state index contributed by atoms with van der Waals surface area (Å²) in [5, 5.41) is 6.19.